The van der Waals surface area contributed by atoms with Crippen LogP contribution in [0.5, 0.6) is 0 Å². The summed E-state index contributed by atoms with van der Waals surface area (Å²) in [6.45, 7) is 13.3. The largest absolute Gasteiger partial charge is 0.463 e. The minimum absolute atomic E-state index is 0.0678. The van der Waals surface area contributed by atoms with E-state index in [1.165, 1.54) is 5.56 Å². The molecule has 0 aliphatic carbocycles. The Balaban J connectivity index is 1.99. The highest BCUT2D eigenvalue weighted by Gasteiger charge is 2.38. The van der Waals surface area contributed by atoms with Crippen LogP contribution in [0.2, 0.25) is 0 Å². The standard InChI is InChI=1S/C25H36N4O4/c1-6-29-21(16-27-12-14-28(15-13-27)18(5)30)22(24(31)33-7-2)23(26-25(29)32)20-10-8-19(9-11-20)17(3)4/h8-11,17,23H,6-7,12-16H2,1-5H3,(H,26,32). The molecule has 1 aromatic rings. The molecule has 1 fully saturated rings. The summed E-state index contributed by atoms with van der Waals surface area (Å²) in [5.41, 5.74) is 3.20. The lowest BCUT2D eigenvalue weighted by Gasteiger charge is -2.40. The molecule has 2 aliphatic rings. The van der Waals surface area contributed by atoms with Crippen molar-refractivity contribution in [2.45, 2.75) is 46.6 Å². The van der Waals surface area contributed by atoms with Crippen LogP contribution in [0, 0.1) is 0 Å². The van der Waals surface area contributed by atoms with E-state index >= 15 is 0 Å². The molecule has 0 radical (unpaired) electrons. The molecule has 0 aromatic heterocycles. The third-order valence-electron chi connectivity index (χ3n) is 6.38. The number of hydrogen-bond donors (Lipinski definition) is 1. The third-order valence-corrected chi connectivity index (χ3v) is 6.38. The van der Waals surface area contributed by atoms with Gasteiger partial charge >= 0.3 is 12.0 Å². The van der Waals surface area contributed by atoms with Crippen molar-refractivity contribution in [2.75, 3.05) is 45.9 Å². The van der Waals surface area contributed by atoms with Crippen molar-refractivity contribution >= 4 is 17.9 Å². The number of rotatable bonds is 7. The van der Waals surface area contributed by atoms with Crippen LogP contribution >= 0.6 is 0 Å². The average molecular weight is 457 g/mol. The Labute approximate surface area is 196 Å². The Hall–Kier alpha value is -2.87. The van der Waals surface area contributed by atoms with Gasteiger partial charge in [-0.3, -0.25) is 14.6 Å². The summed E-state index contributed by atoms with van der Waals surface area (Å²) in [6.07, 6.45) is 0. The maximum absolute atomic E-state index is 13.2. The van der Waals surface area contributed by atoms with Gasteiger partial charge < -0.3 is 15.0 Å². The highest BCUT2D eigenvalue weighted by molar-refractivity contribution is 5.95. The van der Waals surface area contributed by atoms with Gasteiger partial charge in [0.25, 0.3) is 0 Å². The molecule has 8 heteroatoms. The first-order chi connectivity index (χ1) is 15.8. The van der Waals surface area contributed by atoms with Gasteiger partial charge in [-0.2, -0.15) is 0 Å². The number of hydrogen-bond acceptors (Lipinski definition) is 5. The normalized spacial score (nSPS) is 19.7. The van der Waals surface area contributed by atoms with Gasteiger partial charge in [0.2, 0.25) is 5.91 Å². The maximum atomic E-state index is 13.2. The van der Waals surface area contributed by atoms with Gasteiger partial charge in [0, 0.05) is 51.9 Å². The zero-order valence-corrected chi connectivity index (χ0v) is 20.4. The van der Waals surface area contributed by atoms with Crippen molar-refractivity contribution in [3.8, 4) is 0 Å². The lowest BCUT2D eigenvalue weighted by molar-refractivity contribution is -0.139. The number of esters is 1. The molecule has 2 aliphatic heterocycles. The molecular formula is C25H36N4O4. The van der Waals surface area contributed by atoms with Crippen molar-refractivity contribution < 1.29 is 19.1 Å². The van der Waals surface area contributed by atoms with E-state index < -0.39 is 12.0 Å². The minimum Gasteiger partial charge on any atom is -0.463 e. The second-order valence-electron chi connectivity index (χ2n) is 8.81. The van der Waals surface area contributed by atoms with E-state index in [2.05, 4.69) is 24.1 Å². The van der Waals surface area contributed by atoms with Crippen molar-refractivity contribution in [3.63, 3.8) is 0 Å². The summed E-state index contributed by atoms with van der Waals surface area (Å²) in [7, 11) is 0. The van der Waals surface area contributed by atoms with Crippen molar-refractivity contribution in [2.24, 2.45) is 0 Å². The van der Waals surface area contributed by atoms with Gasteiger partial charge in [-0.1, -0.05) is 38.1 Å². The second kappa shape index (κ2) is 10.8. The van der Waals surface area contributed by atoms with Crippen LogP contribution in [0.1, 0.15) is 57.7 Å². The first-order valence-electron chi connectivity index (χ1n) is 11.8. The third kappa shape index (κ3) is 5.55. The number of benzene rings is 1. The molecule has 0 saturated carbocycles. The predicted octanol–water partition coefficient (Wildman–Crippen LogP) is 2.88. The smallest absolute Gasteiger partial charge is 0.338 e. The van der Waals surface area contributed by atoms with Gasteiger partial charge in [0.1, 0.15) is 0 Å². The lowest BCUT2D eigenvalue weighted by atomic mass is 9.92. The molecule has 1 unspecified atom stereocenters. The fourth-order valence-corrected chi connectivity index (χ4v) is 4.41. The highest BCUT2D eigenvalue weighted by Crippen LogP contribution is 2.33. The van der Waals surface area contributed by atoms with E-state index in [1.807, 2.05) is 36.1 Å². The van der Waals surface area contributed by atoms with Gasteiger partial charge in [-0.15, -0.1) is 0 Å². The molecule has 3 rings (SSSR count). The first-order valence-corrected chi connectivity index (χ1v) is 11.8. The van der Waals surface area contributed by atoms with Crippen LogP contribution in [-0.4, -0.2) is 78.5 Å². The second-order valence-corrected chi connectivity index (χ2v) is 8.81. The van der Waals surface area contributed by atoms with E-state index in [0.717, 1.165) is 5.56 Å². The number of nitrogens with zero attached hydrogens (tertiary/aromatic N) is 3. The average Bonchev–Trinajstić information content (AvgIpc) is 2.79. The topological polar surface area (TPSA) is 82.2 Å². The van der Waals surface area contributed by atoms with E-state index in [9.17, 15) is 14.4 Å². The fraction of sp³-hybridized carbons (Fsp3) is 0.560. The monoisotopic (exact) mass is 456 g/mol. The van der Waals surface area contributed by atoms with E-state index in [4.69, 9.17) is 4.74 Å². The summed E-state index contributed by atoms with van der Waals surface area (Å²) in [6, 6.07) is 7.24. The summed E-state index contributed by atoms with van der Waals surface area (Å²) in [5.74, 6) is 0.0457. The molecule has 3 amide bonds. The number of nitrogens with one attached hydrogen (secondary N) is 1. The maximum Gasteiger partial charge on any atom is 0.338 e. The number of ether oxygens (including phenoxy) is 1. The molecule has 33 heavy (non-hydrogen) atoms. The Kier molecular flexibility index (Phi) is 8.13. The fourth-order valence-electron chi connectivity index (χ4n) is 4.41. The molecule has 1 atom stereocenters. The Morgan fingerprint density at radius 3 is 2.24 bits per heavy atom. The lowest BCUT2D eigenvalue weighted by Crippen LogP contribution is -2.53. The van der Waals surface area contributed by atoms with Crippen LogP contribution in [0.25, 0.3) is 0 Å². The van der Waals surface area contributed by atoms with Gasteiger partial charge in [-0.05, 0) is 30.9 Å². The summed E-state index contributed by atoms with van der Waals surface area (Å²) in [4.78, 5) is 43.6. The van der Waals surface area contributed by atoms with E-state index in [-0.39, 0.29) is 18.5 Å². The predicted molar refractivity (Wildman–Crippen MR) is 127 cm³/mol. The number of carbonyl (C=O) groups is 3. The number of amides is 3. The SMILES string of the molecule is CCOC(=O)C1=C(CN2CCN(C(C)=O)CC2)N(CC)C(=O)NC1c1ccc(C(C)C)cc1. The molecular weight excluding hydrogens is 420 g/mol. The molecule has 1 N–H and O–H groups in total. The van der Waals surface area contributed by atoms with Gasteiger partial charge in [-0.25, -0.2) is 9.59 Å². The van der Waals surface area contributed by atoms with Crippen LogP contribution < -0.4 is 5.32 Å². The summed E-state index contributed by atoms with van der Waals surface area (Å²) >= 11 is 0. The summed E-state index contributed by atoms with van der Waals surface area (Å²) in [5, 5.41) is 3.02. The molecule has 1 saturated heterocycles. The molecule has 8 nitrogen and oxygen atoms in total. The van der Waals surface area contributed by atoms with Crippen LogP contribution in [-0.2, 0) is 14.3 Å². The minimum atomic E-state index is -0.575. The van der Waals surface area contributed by atoms with Crippen LogP contribution in [0.4, 0.5) is 4.79 Å². The molecule has 0 bridgehead atoms. The quantitative estimate of drug-likeness (QED) is 0.638. The molecule has 1 aromatic carbocycles. The van der Waals surface area contributed by atoms with E-state index in [1.54, 1.807) is 18.7 Å². The molecule has 0 spiro atoms. The van der Waals surface area contributed by atoms with Crippen LogP contribution in [0.15, 0.2) is 35.5 Å². The zero-order chi connectivity index (χ0) is 24.1. The number of likely N-dealkylation sites (N-methyl/N-ethyl adjacent to an activating group) is 1. The Morgan fingerprint density at radius 2 is 1.73 bits per heavy atom. The van der Waals surface area contributed by atoms with Crippen LogP contribution in [0.3, 0.4) is 0 Å². The van der Waals surface area contributed by atoms with Gasteiger partial charge in [0.15, 0.2) is 0 Å². The molecule has 2 heterocycles. The number of piperazine rings is 1. The van der Waals surface area contributed by atoms with Crippen molar-refractivity contribution in [1.82, 2.24) is 20.0 Å². The number of carbonyl (C=O) groups excluding carboxylic acids is 3. The first kappa shape index (κ1) is 24.8. The van der Waals surface area contributed by atoms with Crippen molar-refractivity contribution in [1.29, 1.82) is 0 Å². The van der Waals surface area contributed by atoms with Crippen molar-refractivity contribution in [3.05, 3.63) is 46.7 Å². The number of urea groups is 1. The highest BCUT2D eigenvalue weighted by atomic mass is 16.5. The molecule has 180 valence electrons. The Morgan fingerprint density at radius 1 is 1.09 bits per heavy atom. The van der Waals surface area contributed by atoms with E-state index in [0.29, 0.717) is 56.5 Å². The summed E-state index contributed by atoms with van der Waals surface area (Å²) < 4.78 is 5.44. The zero-order valence-electron chi connectivity index (χ0n) is 20.4. The Bertz CT molecular complexity index is 901. The van der Waals surface area contributed by atoms with Gasteiger partial charge in [0.05, 0.1) is 18.2 Å².